The molecular weight excluding hydrogens is 246 g/mol. The van der Waals surface area contributed by atoms with E-state index in [4.69, 9.17) is 4.74 Å². The highest BCUT2D eigenvalue weighted by molar-refractivity contribution is 5.33. The fourth-order valence-electron chi connectivity index (χ4n) is 3.30. The fourth-order valence-corrected chi connectivity index (χ4v) is 3.30. The SMILES string of the molecule is CNCC1(c2ccc(OCC(C)C)cc2)CCCCC1. The summed E-state index contributed by atoms with van der Waals surface area (Å²) in [4.78, 5) is 0. The predicted molar refractivity (Wildman–Crippen MR) is 85.5 cm³/mol. The zero-order valence-electron chi connectivity index (χ0n) is 13.2. The summed E-state index contributed by atoms with van der Waals surface area (Å²) in [5, 5.41) is 3.40. The monoisotopic (exact) mass is 275 g/mol. The van der Waals surface area contributed by atoms with E-state index < -0.39 is 0 Å². The third-order valence-corrected chi connectivity index (χ3v) is 4.38. The van der Waals surface area contributed by atoms with Crippen LogP contribution in [0.1, 0.15) is 51.5 Å². The molecule has 1 aromatic rings. The molecule has 0 bridgehead atoms. The number of rotatable bonds is 6. The zero-order valence-corrected chi connectivity index (χ0v) is 13.2. The zero-order chi connectivity index (χ0) is 14.4. The topological polar surface area (TPSA) is 21.3 Å². The number of likely N-dealkylation sites (N-methyl/N-ethyl adjacent to an activating group) is 1. The Balaban J connectivity index is 2.09. The maximum absolute atomic E-state index is 5.79. The Bertz CT molecular complexity index is 385. The van der Waals surface area contributed by atoms with Crippen LogP contribution in [0, 0.1) is 5.92 Å². The molecule has 1 aliphatic rings. The number of ether oxygens (including phenoxy) is 1. The summed E-state index contributed by atoms with van der Waals surface area (Å²) in [7, 11) is 2.07. The van der Waals surface area contributed by atoms with Crippen molar-refractivity contribution >= 4 is 0 Å². The van der Waals surface area contributed by atoms with Crippen molar-refractivity contribution in [2.45, 2.75) is 51.4 Å². The minimum Gasteiger partial charge on any atom is -0.493 e. The second kappa shape index (κ2) is 7.12. The van der Waals surface area contributed by atoms with Crippen molar-refractivity contribution in [3.05, 3.63) is 29.8 Å². The van der Waals surface area contributed by atoms with Crippen LogP contribution in [-0.2, 0) is 5.41 Å². The van der Waals surface area contributed by atoms with Gasteiger partial charge in [-0.15, -0.1) is 0 Å². The lowest BCUT2D eigenvalue weighted by atomic mass is 9.69. The van der Waals surface area contributed by atoms with Gasteiger partial charge in [0.25, 0.3) is 0 Å². The third kappa shape index (κ3) is 3.76. The second-order valence-electron chi connectivity index (χ2n) is 6.60. The largest absolute Gasteiger partial charge is 0.493 e. The molecule has 2 nitrogen and oxygen atoms in total. The van der Waals surface area contributed by atoms with Crippen molar-refractivity contribution in [3.63, 3.8) is 0 Å². The van der Waals surface area contributed by atoms with Crippen LogP contribution in [0.5, 0.6) is 5.75 Å². The van der Waals surface area contributed by atoms with Crippen molar-refractivity contribution in [2.24, 2.45) is 5.92 Å². The molecule has 1 saturated carbocycles. The Labute approximate surface area is 123 Å². The van der Waals surface area contributed by atoms with Gasteiger partial charge in [0.2, 0.25) is 0 Å². The van der Waals surface area contributed by atoms with Gasteiger partial charge in [0.15, 0.2) is 0 Å². The first-order valence-corrected chi connectivity index (χ1v) is 8.04. The fraction of sp³-hybridized carbons (Fsp3) is 0.667. The van der Waals surface area contributed by atoms with Gasteiger partial charge in [-0.25, -0.2) is 0 Å². The summed E-state index contributed by atoms with van der Waals surface area (Å²) < 4.78 is 5.79. The van der Waals surface area contributed by atoms with E-state index in [1.54, 1.807) is 0 Å². The Kier molecular flexibility index (Phi) is 5.47. The van der Waals surface area contributed by atoms with E-state index in [0.29, 0.717) is 11.3 Å². The summed E-state index contributed by atoms with van der Waals surface area (Å²) in [5.41, 5.74) is 1.81. The van der Waals surface area contributed by atoms with Crippen LogP contribution in [0.25, 0.3) is 0 Å². The lowest BCUT2D eigenvalue weighted by molar-refractivity contribution is 0.269. The molecule has 0 spiro atoms. The van der Waals surface area contributed by atoms with Gasteiger partial charge in [-0.3, -0.25) is 0 Å². The normalized spacial score (nSPS) is 18.2. The molecule has 2 heteroatoms. The highest BCUT2D eigenvalue weighted by Gasteiger charge is 2.33. The van der Waals surface area contributed by atoms with Crippen molar-refractivity contribution in [1.29, 1.82) is 0 Å². The molecular formula is C18H29NO. The molecule has 1 fully saturated rings. The molecule has 0 amide bonds. The first-order chi connectivity index (χ1) is 9.66. The average molecular weight is 275 g/mol. The lowest BCUT2D eigenvalue weighted by Crippen LogP contribution is -2.38. The highest BCUT2D eigenvalue weighted by Crippen LogP contribution is 2.39. The second-order valence-corrected chi connectivity index (χ2v) is 6.60. The Hall–Kier alpha value is -1.02. The van der Waals surface area contributed by atoms with E-state index in [-0.39, 0.29) is 0 Å². The summed E-state index contributed by atoms with van der Waals surface area (Å²) in [5.74, 6) is 1.57. The van der Waals surface area contributed by atoms with Crippen LogP contribution in [0.4, 0.5) is 0 Å². The number of hydrogen-bond donors (Lipinski definition) is 1. The molecule has 0 saturated heterocycles. The average Bonchev–Trinajstić information content (AvgIpc) is 2.47. The van der Waals surface area contributed by atoms with E-state index in [1.807, 2.05) is 0 Å². The molecule has 0 atom stereocenters. The standard InChI is InChI=1S/C18H29NO/c1-15(2)13-20-17-9-7-16(8-10-17)18(14-19-3)11-5-4-6-12-18/h7-10,15,19H,4-6,11-14H2,1-3H3. The summed E-state index contributed by atoms with van der Waals surface area (Å²) in [6.07, 6.45) is 6.71. The highest BCUT2D eigenvalue weighted by atomic mass is 16.5. The molecule has 0 unspecified atom stereocenters. The van der Waals surface area contributed by atoms with Gasteiger partial charge in [-0.05, 0) is 43.5 Å². The van der Waals surface area contributed by atoms with Gasteiger partial charge in [-0.1, -0.05) is 45.2 Å². The lowest BCUT2D eigenvalue weighted by Gasteiger charge is -2.38. The molecule has 0 aromatic heterocycles. The Morgan fingerprint density at radius 2 is 1.75 bits per heavy atom. The predicted octanol–water partition coefficient (Wildman–Crippen LogP) is 4.14. The van der Waals surface area contributed by atoms with E-state index in [9.17, 15) is 0 Å². The minimum atomic E-state index is 0.337. The molecule has 112 valence electrons. The van der Waals surface area contributed by atoms with Crippen LogP contribution in [0.2, 0.25) is 0 Å². The third-order valence-electron chi connectivity index (χ3n) is 4.38. The Morgan fingerprint density at radius 3 is 2.30 bits per heavy atom. The van der Waals surface area contributed by atoms with E-state index >= 15 is 0 Å². The van der Waals surface area contributed by atoms with E-state index in [0.717, 1.165) is 18.9 Å². The number of nitrogens with one attached hydrogen (secondary N) is 1. The molecule has 0 radical (unpaired) electrons. The van der Waals surface area contributed by atoms with Crippen molar-refractivity contribution in [1.82, 2.24) is 5.32 Å². The maximum atomic E-state index is 5.79. The summed E-state index contributed by atoms with van der Waals surface area (Å²) >= 11 is 0. The summed E-state index contributed by atoms with van der Waals surface area (Å²) in [6, 6.07) is 8.84. The van der Waals surface area contributed by atoms with Gasteiger partial charge in [0.05, 0.1) is 6.61 Å². The molecule has 0 aliphatic heterocycles. The molecule has 20 heavy (non-hydrogen) atoms. The van der Waals surface area contributed by atoms with E-state index in [1.165, 1.54) is 37.7 Å². The van der Waals surface area contributed by atoms with Gasteiger partial charge >= 0.3 is 0 Å². The minimum absolute atomic E-state index is 0.337. The summed E-state index contributed by atoms with van der Waals surface area (Å²) in [6.45, 7) is 6.23. The van der Waals surface area contributed by atoms with Gasteiger partial charge < -0.3 is 10.1 Å². The number of benzene rings is 1. The first-order valence-electron chi connectivity index (χ1n) is 8.04. The molecule has 1 N–H and O–H groups in total. The Morgan fingerprint density at radius 1 is 1.10 bits per heavy atom. The van der Waals surface area contributed by atoms with E-state index in [2.05, 4.69) is 50.5 Å². The van der Waals surface area contributed by atoms with Gasteiger partial charge in [-0.2, -0.15) is 0 Å². The molecule has 2 rings (SSSR count). The molecule has 0 heterocycles. The van der Waals surface area contributed by atoms with Gasteiger partial charge in [0.1, 0.15) is 5.75 Å². The molecule has 1 aromatic carbocycles. The van der Waals surface area contributed by atoms with Crippen LogP contribution in [0.15, 0.2) is 24.3 Å². The first kappa shape index (κ1) is 15.4. The number of hydrogen-bond acceptors (Lipinski definition) is 2. The maximum Gasteiger partial charge on any atom is 0.119 e. The van der Waals surface area contributed by atoms with Crippen molar-refractivity contribution in [2.75, 3.05) is 20.2 Å². The van der Waals surface area contributed by atoms with Crippen LogP contribution in [0.3, 0.4) is 0 Å². The smallest absolute Gasteiger partial charge is 0.119 e. The quantitative estimate of drug-likeness (QED) is 0.842. The molecule has 1 aliphatic carbocycles. The van der Waals surface area contributed by atoms with Crippen molar-refractivity contribution < 1.29 is 4.74 Å². The van der Waals surface area contributed by atoms with Crippen molar-refractivity contribution in [3.8, 4) is 5.75 Å². The van der Waals surface area contributed by atoms with Crippen LogP contribution < -0.4 is 10.1 Å². The van der Waals surface area contributed by atoms with Crippen LogP contribution in [-0.4, -0.2) is 20.2 Å². The van der Waals surface area contributed by atoms with Gasteiger partial charge in [0, 0.05) is 12.0 Å². The van der Waals surface area contributed by atoms with Crippen LogP contribution >= 0.6 is 0 Å².